The fourth-order valence-corrected chi connectivity index (χ4v) is 3.42. The van der Waals surface area contributed by atoms with Gasteiger partial charge in [-0.2, -0.15) is 13.2 Å². The van der Waals surface area contributed by atoms with Crippen molar-refractivity contribution in [1.82, 2.24) is 4.90 Å². The standard InChI is InChI=1S/C14H27F3N2/c1-3-7-19(11-14(15,16)17)10-13(9-18)6-4-5-12(2)8-13/h12H,3-11,18H2,1-2H3. The molecule has 1 aliphatic carbocycles. The van der Waals surface area contributed by atoms with Crippen molar-refractivity contribution in [3.63, 3.8) is 0 Å². The fraction of sp³-hybridized carbons (Fsp3) is 1.00. The van der Waals surface area contributed by atoms with E-state index in [1.807, 2.05) is 6.92 Å². The lowest BCUT2D eigenvalue weighted by atomic mass is 9.69. The Morgan fingerprint density at radius 2 is 2.05 bits per heavy atom. The van der Waals surface area contributed by atoms with E-state index in [2.05, 4.69) is 6.92 Å². The van der Waals surface area contributed by atoms with Gasteiger partial charge in [0.25, 0.3) is 0 Å². The Morgan fingerprint density at radius 1 is 1.37 bits per heavy atom. The van der Waals surface area contributed by atoms with E-state index in [4.69, 9.17) is 5.73 Å². The summed E-state index contributed by atoms with van der Waals surface area (Å²) in [6.07, 6.45) is 0.810. The van der Waals surface area contributed by atoms with E-state index >= 15 is 0 Å². The molecule has 2 nitrogen and oxygen atoms in total. The van der Waals surface area contributed by atoms with Crippen LogP contribution in [0.5, 0.6) is 0 Å². The Balaban J connectivity index is 2.68. The largest absolute Gasteiger partial charge is 0.401 e. The number of hydrogen-bond acceptors (Lipinski definition) is 2. The van der Waals surface area contributed by atoms with Crippen molar-refractivity contribution in [3.05, 3.63) is 0 Å². The van der Waals surface area contributed by atoms with Gasteiger partial charge in [0.15, 0.2) is 0 Å². The van der Waals surface area contributed by atoms with Gasteiger partial charge in [0.2, 0.25) is 0 Å². The highest BCUT2D eigenvalue weighted by Gasteiger charge is 2.38. The van der Waals surface area contributed by atoms with Gasteiger partial charge in [-0.05, 0) is 43.7 Å². The van der Waals surface area contributed by atoms with Gasteiger partial charge in [-0.25, -0.2) is 0 Å². The average Bonchev–Trinajstić information content (AvgIpc) is 2.27. The monoisotopic (exact) mass is 280 g/mol. The maximum Gasteiger partial charge on any atom is 0.401 e. The molecule has 2 unspecified atom stereocenters. The third-order valence-corrected chi connectivity index (χ3v) is 4.12. The molecule has 1 saturated carbocycles. The number of alkyl halides is 3. The molecule has 114 valence electrons. The average molecular weight is 280 g/mol. The van der Waals surface area contributed by atoms with Gasteiger partial charge >= 0.3 is 6.18 Å². The molecule has 2 N–H and O–H groups in total. The molecule has 0 amide bonds. The van der Waals surface area contributed by atoms with E-state index in [0.717, 1.165) is 25.7 Å². The van der Waals surface area contributed by atoms with Gasteiger partial charge in [0.05, 0.1) is 6.54 Å². The molecule has 1 rings (SSSR count). The van der Waals surface area contributed by atoms with E-state index in [9.17, 15) is 13.2 Å². The topological polar surface area (TPSA) is 29.3 Å². The second-order valence-corrected chi connectivity index (χ2v) is 6.23. The van der Waals surface area contributed by atoms with Gasteiger partial charge in [0, 0.05) is 6.54 Å². The van der Waals surface area contributed by atoms with Gasteiger partial charge in [-0.15, -0.1) is 0 Å². The summed E-state index contributed by atoms with van der Waals surface area (Å²) in [6, 6.07) is 0. The molecule has 2 atom stereocenters. The van der Waals surface area contributed by atoms with Gasteiger partial charge in [0.1, 0.15) is 0 Å². The summed E-state index contributed by atoms with van der Waals surface area (Å²) in [5.74, 6) is 0.576. The van der Waals surface area contributed by atoms with Crippen molar-refractivity contribution in [2.45, 2.75) is 52.1 Å². The molecular weight excluding hydrogens is 253 g/mol. The minimum absolute atomic E-state index is 0.113. The Hall–Kier alpha value is -0.290. The molecule has 0 aromatic heterocycles. The van der Waals surface area contributed by atoms with Crippen LogP contribution in [0, 0.1) is 11.3 Å². The number of hydrogen-bond donors (Lipinski definition) is 1. The minimum Gasteiger partial charge on any atom is -0.330 e. The molecule has 0 heterocycles. The lowest BCUT2D eigenvalue weighted by Crippen LogP contribution is -2.48. The maximum absolute atomic E-state index is 12.6. The Labute approximate surface area is 114 Å². The summed E-state index contributed by atoms with van der Waals surface area (Å²) in [4.78, 5) is 1.55. The predicted octanol–water partition coefficient (Wildman–Crippen LogP) is 3.42. The first-order valence-electron chi connectivity index (χ1n) is 7.29. The van der Waals surface area contributed by atoms with E-state index < -0.39 is 12.7 Å². The van der Waals surface area contributed by atoms with Crippen molar-refractivity contribution >= 4 is 0 Å². The molecule has 0 aromatic rings. The smallest absolute Gasteiger partial charge is 0.330 e. The number of rotatable bonds is 6. The molecule has 0 spiro atoms. The van der Waals surface area contributed by atoms with E-state index in [0.29, 0.717) is 25.6 Å². The molecule has 0 radical (unpaired) electrons. The lowest BCUT2D eigenvalue weighted by Gasteiger charge is -2.42. The summed E-state index contributed by atoms with van der Waals surface area (Å²) in [5.41, 5.74) is 5.79. The Morgan fingerprint density at radius 3 is 2.53 bits per heavy atom. The van der Waals surface area contributed by atoms with Crippen LogP contribution in [0.15, 0.2) is 0 Å². The maximum atomic E-state index is 12.6. The summed E-state index contributed by atoms with van der Waals surface area (Å²) < 4.78 is 37.8. The molecule has 0 aliphatic heterocycles. The third-order valence-electron chi connectivity index (χ3n) is 4.12. The van der Waals surface area contributed by atoms with Gasteiger partial charge in [-0.1, -0.05) is 26.7 Å². The number of nitrogens with two attached hydrogens (primary N) is 1. The molecule has 1 aliphatic rings. The van der Waals surface area contributed by atoms with Crippen LogP contribution < -0.4 is 5.73 Å². The van der Waals surface area contributed by atoms with Crippen molar-refractivity contribution in [2.75, 3.05) is 26.2 Å². The molecule has 1 fully saturated rings. The lowest BCUT2D eigenvalue weighted by molar-refractivity contribution is -0.150. The predicted molar refractivity (Wildman–Crippen MR) is 71.9 cm³/mol. The van der Waals surface area contributed by atoms with Crippen LogP contribution in [0.3, 0.4) is 0 Å². The highest BCUT2D eigenvalue weighted by molar-refractivity contribution is 4.89. The minimum atomic E-state index is -4.12. The first-order chi connectivity index (χ1) is 8.80. The van der Waals surface area contributed by atoms with Crippen LogP contribution in [0.2, 0.25) is 0 Å². The Kier molecular flexibility index (Phi) is 6.12. The zero-order valence-corrected chi connectivity index (χ0v) is 12.1. The molecular formula is C14H27F3N2. The van der Waals surface area contributed by atoms with E-state index in [1.54, 1.807) is 4.90 Å². The van der Waals surface area contributed by atoms with Crippen LogP contribution in [0.4, 0.5) is 13.2 Å². The first kappa shape index (κ1) is 16.8. The Bertz CT molecular complexity index is 268. The zero-order chi connectivity index (χ0) is 14.5. The quantitative estimate of drug-likeness (QED) is 0.808. The molecule has 0 aromatic carbocycles. The van der Waals surface area contributed by atoms with Crippen LogP contribution in [-0.4, -0.2) is 37.3 Å². The summed E-state index contributed by atoms with van der Waals surface area (Å²) in [5, 5.41) is 0. The highest BCUT2D eigenvalue weighted by atomic mass is 19.4. The van der Waals surface area contributed by atoms with Crippen LogP contribution in [-0.2, 0) is 0 Å². The van der Waals surface area contributed by atoms with Crippen LogP contribution in [0.1, 0.15) is 46.0 Å². The van der Waals surface area contributed by atoms with Crippen molar-refractivity contribution in [1.29, 1.82) is 0 Å². The molecule has 19 heavy (non-hydrogen) atoms. The normalized spacial score (nSPS) is 28.9. The van der Waals surface area contributed by atoms with Gasteiger partial charge < -0.3 is 5.73 Å². The molecule has 0 bridgehead atoms. The fourth-order valence-electron chi connectivity index (χ4n) is 3.42. The van der Waals surface area contributed by atoms with Crippen molar-refractivity contribution < 1.29 is 13.2 Å². The zero-order valence-electron chi connectivity index (χ0n) is 12.1. The third kappa shape index (κ3) is 5.69. The molecule has 5 heteroatoms. The highest BCUT2D eigenvalue weighted by Crippen LogP contribution is 2.39. The first-order valence-corrected chi connectivity index (χ1v) is 7.29. The van der Waals surface area contributed by atoms with E-state index in [-0.39, 0.29) is 5.41 Å². The number of halogens is 3. The van der Waals surface area contributed by atoms with Crippen molar-refractivity contribution in [2.24, 2.45) is 17.1 Å². The summed E-state index contributed by atoms with van der Waals surface area (Å²) in [6.45, 7) is 4.77. The van der Waals surface area contributed by atoms with E-state index in [1.165, 1.54) is 6.42 Å². The number of nitrogens with zero attached hydrogens (tertiary/aromatic N) is 1. The SMILES string of the molecule is CCCN(CC(F)(F)F)CC1(CN)CCCC(C)C1. The summed E-state index contributed by atoms with van der Waals surface area (Å²) in [7, 11) is 0. The second kappa shape index (κ2) is 6.93. The van der Waals surface area contributed by atoms with Crippen LogP contribution >= 0.6 is 0 Å². The van der Waals surface area contributed by atoms with Gasteiger partial charge in [-0.3, -0.25) is 4.90 Å². The summed E-state index contributed by atoms with van der Waals surface area (Å²) >= 11 is 0. The van der Waals surface area contributed by atoms with Crippen LogP contribution in [0.25, 0.3) is 0 Å². The second-order valence-electron chi connectivity index (χ2n) is 6.23. The van der Waals surface area contributed by atoms with Crippen molar-refractivity contribution in [3.8, 4) is 0 Å². The molecule has 0 saturated heterocycles.